The smallest absolute Gasteiger partial charge is 0.339 e. The van der Waals surface area contributed by atoms with Gasteiger partial charge in [0.05, 0.1) is 11.1 Å². The lowest BCUT2D eigenvalue weighted by Crippen LogP contribution is -2.02. The van der Waals surface area contributed by atoms with Gasteiger partial charge in [-0.25, -0.2) is 13.9 Å². The van der Waals surface area contributed by atoms with Crippen molar-refractivity contribution in [3.8, 4) is 11.5 Å². The Kier molecular flexibility index (Phi) is 4.89. The zero-order valence-corrected chi connectivity index (χ0v) is 16.4. The monoisotopic (exact) mass is 438 g/mol. The molecule has 0 fully saturated rings. The Morgan fingerprint density at radius 3 is 2.86 bits per heavy atom. The van der Waals surface area contributed by atoms with Crippen LogP contribution in [0.2, 0.25) is 0 Å². The molecule has 0 bridgehead atoms. The van der Waals surface area contributed by atoms with Crippen LogP contribution in [0, 0.1) is 12.7 Å². The number of phosphoric ester groups is 1. The number of hydrogen-bond acceptors (Lipinski definition) is 8. The third-order valence-corrected chi connectivity index (χ3v) is 5.21. The molecule has 0 saturated carbocycles. The minimum absolute atomic E-state index is 0.0186. The first kappa shape index (κ1) is 19.6. The van der Waals surface area contributed by atoms with Gasteiger partial charge in [0.1, 0.15) is 18.2 Å². The van der Waals surface area contributed by atoms with Gasteiger partial charge in [0.2, 0.25) is 17.5 Å². The third kappa shape index (κ3) is 3.88. The third-order valence-electron chi connectivity index (χ3n) is 3.91. The lowest BCUT2D eigenvalue weighted by Gasteiger charge is -2.07. The molecule has 1 aromatic carbocycles. The maximum atomic E-state index is 14.4. The number of benzene rings is 1. The predicted octanol–water partition coefficient (Wildman–Crippen LogP) is 2.89. The Morgan fingerprint density at radius 1 is 1.38 bits per heavy atom. The van der Waals surface area contributed by atoms with E-state index in [4.69, 9.17) is 14.3 Å². The van der Waals surface area contributed by atoms with Gasteiger partial charge in [-0.1, -0.05) is 17.3 Å². The van der Waals surface area contributed by atoms with E-state index >= 15 is 0 Å². The number of fused-ring (bicyclic) bond motifs is 1. The number of halogens is 1. The van der Waals surface area contributed by atoms with Gasteiger partial charge in [-0.05, 0) is 6.07 Å². The molecule has 2 N–H and O–H groups in total. The summed E-state index contributed by atoms with van der Waals surface area (Å²) in [5.74, 6) is -0.573. The summed E-state index contributed by atoms with van der Waals surface area (Å²) in [6.45, 7) is 0.984. The highest BCUT2D eigenvalue weighted by atomic mass is 32.1. The van der Waals surface area contributed by atoms with Crippen molar-refractivity contribution in [2.45, 2.75) is 13.7 Å². The molecule has 0 amide bonds. The minimum atomic E-state index is -4.79. The van der Waals surface area contributed by atoms with Crippen LogP contribution in [0.15, 0.2) is 34.3 Å². The molecule has 0 aliphatic rings. The molecule has 3 heterocycles. The van der Waals surface area contributed by atoms with Crippen LogP contribution in [-0.4, -0.2) is 35.3 Å². The highest BCUT2D eigenvalue weighted by Gasteiger charge is 2.23. The van der Waals surface area contributed by atoms with Crippen LogP contribution >= 0.6 is 19.2 Å². The second-order valence-electron chi connectivity index (χ2n) is 5.90. The number of carbonyl (C=O) groups excluding carboxylic acids is 1. The standard InChI is InChI=1S/C16H12FN4O6PS/c1-8-18-15(20-27-8)12-6-29-16(19-12)14(22)10-5-21(7-26-28(23,24)25)13-9(10)3-2-4-11(13)17/h2-6H,7H2,1H3,(H2,23,24,25). The molecule has 0 unspecified atom stereocenters. The van der Waals surface area contributed by atoms with Crippen molar-refractivity contribution in [2.75, 3.05) is 0 Å². The molecule has 0 atom stereocenters. The number of thiazole rings is 1. The molecule has 150 valence electrons. The summed E-state index contributed by atoms with van der Waals surface area (Å²) < 4.78 is 35.8. The number of ketones is 1. The predicted molar refractivity (Wildman–Crippen MR) is 98.6 cm³/mol. The van der Waals surface area contributed by atoms with E-state index in [-0.39, 0.29) is 27.3 Å². The summed E-state index contributed by atoms with van der Waals surface area (Å²) >= 11 is 1.06. The Hall–Kier alpha value is -2.76. The number of aromatic nitrogens is 4. The van der Waals surface area contributed by atoms with Gasteiger partial charge in [0, 0.05) is 23.9 Å². The molecule has 0 spiro atoms. The summed E-state index contributed by atoms with van der Waals surface area (Å²) in [6.07, 6.45) is 1.27. The molecule has 0 aliphatic carbocycles. The Morgan fingerprint density at radius 2 is 2.17 bits per heavy atom. The molecule has 3 aromatic heterocycles. The van der Waals surface area contributed by atoms with Crippen LogP contribution in [0.3, 0.4) is 0 Å². The first-order valence-electron chi connectivity index (χ1n) is 8.01. The van der Waals surface area contributed by atoms with E-state index in [1.54, 1.807) is 12.3 Å². The molecular formula is C16H12FN4O6PS. The summed E-state index contributed by atoms with van der Waals surface area (Å²) in [7, 11) is -4.79. The van der Waals surface area contributed by atoms with Gasteiger partial charge in [-0.15, -0.1) is 11.3 Å². The average Bonchev–Trinajstić information content (AvgIpc) is 3.37. The van der Waals surface area contributed by atoms with Crippen molar-refractivity contribution in [3.63, 3.8) is 0 Å². The lowest BCUT2D eigenvalue weighted by molar-refractivity contribution is 0.103. The summed E-state index contributed by atoms with van der Waals surface area (Å²) in [5.41, 5.74) is 0.448. The van der Waals surface area contributed by atoms with Crippen molar-refractivity contribution in [1.29, 1.82) is 0 Å². The Labute approximate surface area is 165 Å². The summed E-state index contributed by atoms with van der Waals surface area (Å²) in [6, 6.07) is 4.12. The van der Waals surface area contributed by atoms with E-state index in [1.165, 1.54) is 24.4 Å². The van der Waals surface area contributed by atoms with Crippen LogP contribution in [0.1, 0.15) is 21.3 Å². The van der Waals surface area contributed by atoms with Gasteiger partial charge in [-0.2, -0.15) is 4.98 Å². The van der Waals surface area contributed by atoms with Gasteiger partial charge in [0.25, 0.3) is 0 Å². The second-order valence-corrected chi connectivity index (χ2v) is 8.00. The molecule has 0 radical (unpaired) electrons. The summed E-state index contributed by atoms with van der Waals surface area (Å²) in [4.78, 5) is 39.1. The van der Waals surface area contributed by atoms with Crippen molar-refractivity contribution in [3.05, 3.63) is 52.1 Å². The summed E-state index contributed by atoms with van der Waals surface area (Å²) in [5, 5.41) is 5.71. The average molecular weight is 438 g/mol. The van der Waals surface area contributed by atoms with Crippen LogP contribution in [0.5, 0.6) is 0 Å². The molecule has 4 rings (SSSR count). The second kappa shape index (κ2) is 7.25. The number of carbonyl (C=O) groups is 1. The zero-order chi connectivity index (χ0) is 20.8. The number of para-hydroxylation sites is 1. The van der Waals surface area contributed by atoms with E-state index in [0.717, 1.165) is 15.9 Å². The molecule has 13 heteroatoms. The van der Waals surface area contributed by atoms with Gasteiger partial charge >= 0.3 is 7.82 Å². The highest BCUT2D eigenvalue weighted by molar-refractivity contribution is 7.46. The van der Waals surface area contributed by atoms with E-state index in [2.05, 4.69) is 19.6 Å². The van der Waals surface area contributed by atoms with Crippen LogP contribution in [0.4, 0.5) is 4.39 Å². The van der Waals surface area contributed by atoms with Gasteiger partial charge < -0.3 is 18.9 Å². The fourth-order valence-corrected chi connectivity index (χ4v) is 3.76. The topological polar surface area (TPSA) is 141 Å². The maximum absolute atomic E-state index is 14.4. The molecule has 0 aliphatic heterocycles. The van der Waals surface area contributed by atoms with Gasteiger partial charge in [-0.3, -0.25) is 9.32 Å². The van der Waals surface area contributed by atoms with Crippen molar-refractivity contribution in [2.24, 2.45) is 0 Å². The van der Waals surface area contributed by atoms with Crippen molar-refractivity contribution < 1.29 is 32.6 Å². The Bertz CT molecular complexity index is 1280. The quantitative estimate of drug-likeness (QED) is 0.343. The number of phosphoric acid groups is 1. The van der Waals surface area contributed by atoms with E-state index < -0.39 is 26.2 Å². The van der Waals surface area contributed by atoms with E-state index in [1.807, 2.05) is 0 Å². The first-order chi connectivity index (χ1) is 13.7. The molecule has 10 nitrogen and oxygen atoms in total. The Balaban J connectivity index is 1.74. The van der Waals surface area contributed by atoms with Crippen LogP contribution < -0.4 is 0 Å². The highest BCUT2D eigenvalue weighted by Crippen LogP contribution is 2.37. The number of aryl methyl sites for hydroxylation is 1. The minimum Gasteiger partial charge on any atom is -0.339 e. The molecule has 0 saturated heterocycles. The fourth-order valence-electron chi connectivity index (χ4n) is 2.73. The fraction of sp³-hybridized carbons (Fsp3) is 0.125. The normalized spacial score (nSPS) is 12.0. The number of hydrogen-bond donors (Lipinski definition) is 2. The van der Waals surface area contributed by atoms with Gasteiger partial charge in [0.15, 0.2) is 5.01 Å². The lowest BCUT2D eigenvalue weighted by atomic mass is 10.1. The van der Waals surface area contributed by atoms with Crippen molar-refractivity contribution >= 4 is 35.8 Å². The maximum Gasteiger partial charge on any atom is 0.471 e. The largest absolute Gasteiger partial charge is 0.471 e. The zero-order valence-electron chi connectivity index (χ0n) is 14.6. The number of nitrogens with zero attached hydrogens (tertiary/aromatic N) is 4. The van der Waals surface area contributed by atoms with Crippen LogP contribution in [-0.2, 0) is 15.8 Å². The first-order valence-corrected chi connectivity index (χ1v) is 10.4. The van der Waals surface area contributed by atoms with E-state index in [9.17, 15) is 13.8 Å². The SMILES string of the molecule is Cc1nc(-c2csc(C(=O)c3cn(COP(=O)(O)O)c4c(F)cccc34)n2)no1. The van der Waals surface area contributed by atoms with E-state index in [0.29, 0.717) is 11.6 Å². The van der Waals surface area contributed by atoms with Crippen LogP contribution in [0.25, 0.3) is 22.4 Å². The van der Waals surface area contributed by atoms with Crippen molar-refractivity contribution in [1.82, 2.24) is 19.7 Å². The number of rotatable bonds is 6. The molecule has 4 aromatic rings. The molecular weight excluding hydrogens is 426 g/mol. The molecule has 29 heavy (non-hydrogen) atoms.